The Hall–Kier alpha value is 0. The first-order chi connectivity index (χ1) is 7.38. The van der Waals surface area contributed by atoms with E-state index < -0.39 is 0 Å². The van der Waals surface area contributed by atoms with Gasteiger partial charge in [0.15, 0.2) is 0 Å². The Kier molecular flexibility index (Phi) is 2.79. The van der Waals surface area contributed by atoms with E-state index in [9.17, 15) is 0 Å². The molecule has 0 aromatic carbocycles. The Bertz CT molecular complexity index is 216. The van der Waals surface area contributed by atoms with E-state index in [1.165, 1.54) is 24.7 Å². The minimum atomic E-state index is 1.10. The highest BCUT2D eigenvalue weighted by molar-refractivity contribution is 4.93. The van der Waals surface area contributed by atoms with Crippen LogP contribution < -0.4 is 0 Å². The fraction of sp³-hybridized carbons (Fsp3) is 1.00. The van der Waals surface area contributed by atoms with Crippen molar-refractivity contribution >= 4 is 0 Å². The van der Waals surface area contributed by atoms with Crippen molar-refractivity contribution < 1.29 is 0 Å². The molecular formula is C15H26. The van der Waals surface area contributed by atoms with Crippen LogP contribution in [0.3, 0.4) is 0 Å². The average Bonchev–Trinajstić information content (AvgIpc) is 2.36. The van der Waals surface area contributed by atoms with Gasteiger partial charge in [0.25, 0.3) is 0 Å². The first-order valence-corrected chi connectivity index (χ1v) is 7.38. The maximum atomic E-state index is 2.43. The molecule has 3 fully saturated rings. The summed E-state index contributed by atoms with van der Waals surface area (Å²) >= 11 is 0. The molecule has 3 rings (SSSR count). The zero-order chi connectivity index (χ0) is 10.3. The summed E-state index contributed by atoms with van der Waals surface area (Å²) in [5.41, 5.74) is 0. The van der Waals surface area contributed by atoms with Crippen LogP contribution in [0.25, 0.3) is 0 Å². The lowest BCUT2D eigenvalue weighted by molar-refractivity contribution is 0.116. The molecule has 3 saturated carbocycles. The van der Waals surface area contributed by atoms with E-state index >= 15 is 0 Å². The fourth-order valence-corrected chi connectivity index (χ4v) is 4.50. The SMILES string of the molecule is CCC(CC1CCC2CCC21)C1CCC1. The molecule has 0 aliphatic heterocycles. The second-order valence-electron chi connectivity index (χ2n) is 6.43. The molecular weight excluding hydrogens is 180 g/mol. The van der Waals surface area contributed by atoms with E-state index in [1.54, 1.807) is 44.9 Å². The van der Waals surface area contributed by atoms with Gasteiger partial charge in [-0.15, -0.1) is 0 Å². The van der Waals surface area contributed by atoms with Crippen molar-refractivity contribution in [1.82, 2.24) is 0 Å². The van der Waals surface area contributed by atoms with Crippen molar-refractivity contribution in [2.45, 2.75) is 64.7 Å². The van der Waals surface area contributed by atoms with E-state index in [0.717, 1.165) is 17.8 Å². The fourth-order valence-electron chi connectivity index (χ4n) is 4.50. The van der Waals surface area contributed by atoms with Gasteiger partial charge in [-0.3, -0.25) is 0 Å². The molecule has 0 aromatic heterocycles. The molecule has 0 spiro atoms. The quantitative estimate of drug-likeness (QED) is 0.628. The molecule has 0 heteroatoms. The number of fused-ring (bicyclic) bond motifs is 1. The second kappa shape index (κ2) is 4.11. The molecule has 86 valence electrons. The molecule has 15 heavy (non-hydrogen) atoms. The summed E-state index contributed by atoms with van der Waals surface area (Å²) in [4.78, 5) is 0. The molecule has 3 aliphatic rings. The van der Waals surface area contributed by atoms with Gasteiger partial charge < -0.3 is 0 Å². The highest BCUT2D eigenvalue weighted by atomic mass is 14.5. The third kappa shape index (κ3) is 1.74. The molecule has 4 atom stereocenters. The van der Waals surface area contributed by atoms with E-state index in [0.29, 0.717) is 0 Å². The summed E-state index contributed by atoms with van der Waals surface area (Å²) in [6, 6.07) is 0. The molecule has 0 aromatic rings. The van der Waals surface area contributed by atoms with Crippen molar-refractivity contribution in [3.05, 3.63) is 0 Å². The van der Waals surface area contributed by atoms with Crippen LogP contribution in [0.5, 0.6) is 0 Å². The van der Waals surface area contributed by atoms with Gasteiger partial charge in [0.05, 0.1) is 0 Å². The molecule has 4 unspecified atom stereocenters. The zero-order valence-electron chi connectivity index (χ0n) is 10.3. The largest absolute Gasteiger partial charge is 0.0651 e. The number of hydrogen-bond acceptors (Lipinski definition) is 0. The van der Waals surface area contributed by atoms with Crippen molar-refractivity contribution in [3.63, 3.8) is 0 Å². The third-order valence-electron chi connectivity index (χ3n) is 5.94. The van der Waals surface area contributed by atoms with Gasteiger partial charge in [0.1, 0.15) is 0 Å². The van der Waals surface area contributed by atoms with E-state index in [2.05, 4.69) is 6.92 Å². The monoisotopic (exact) mass is 206 g/mol. The Labute approximate surface area is 94.8 Å². The highest BCUT2D eigenvalue weighted by Gasteiger charge is 2.43. The highest BCUT2D eigenvalue weighted by Crippen LogP contribution is 2.53. The van der Waals surface area contributed by atoms with Crippen LogP contribution in [0.2, 0.25) is 0 Å². The van der Waals surface area contributed by atoms with Gasteiger partial charge in [-0.1, -0.05) is 32.6 Å². The van der Waals surface area contributed by atoms with E-state index in [-0.39, 0.29) is 0 Å². The van der Waals surface area contributed by atoms with Crippen molar-refractivity contribution in [1.29, 1.82) is 0 Å². The molecule has 0 nitrogen and oxygen atoms in total. The topological polar surface area (TPSA) is 0 Å². The van der Waals surface area contributed by atoms with Gasteiger partial charge in [-0.25, -0.2) is 0 Å². The Morgan fingerprint density at radius 1 is 1.00 bits per heavy atom. The third-order valence-corrected chi connectivity index (χ3v) is 5.94. The van der Waals surface area contributed by atoms with Crippen LogP contribution in [-0.4, -0.2) is 0 Å². The Balaban J connectivity index is 1.54. The van der Waals surface area contributed by atoms with Crippen LogP contribution >= 0.6 is 0 Å². The molecule has 0 heterocycles. The Morgan fingerprint density at radius 2 is 1.80 bits per heavy atom. The first kappa shape index (κ1) is 10.2. The van der Waals surface area contributed by atoms with E-state index in [1.807, 2.05) is 0 Å². The molecule has 0 radical (unpaired) electrons. The molecule has 0 N–H and O–H groups in total. The van der Waals surface area contributed by atoms with Gasteiger partial charge in [0.2, 0.25) is 0 Å². The van der Waals surface area contributed by atoms with Crippen molar-refractivity contribution in [2.24, 2.45) is 29.6 Å². The van der Waals surface area contributed by atoms with Crippen LogP contribution in [0.15, 0.2) is 0 Å². The Morgan fingerprint density at radius 3 is 2.27 bits per heavy atom. The maximum Gasteiger partial charge on any atom is -0.0357 e. The summed E-state index contributed by atoms with van der Waals surface area (Å²) in [5.74, 6) is 5.74. The average molecular weight is 206 g/mol. The smallest absolute Gasteiger partial charge is 0.0357 e. The molecule has 0 bridgehead atoms. The summed E-state index contributed by atoms with van der Waals surface area (Å²) < 4.78 is 0. The minimum absolute atomic E-state index is 1.10. The zero-order valence-corrected chi connectivity index (χ0v) is 10.3. The predicted molar refractivity (Wildman–Crippen MR) is 64.7 cm³/mol. The van der Waals surface area contributed by atoms with Gasteiger partial charge >= 0.3 is 0 Å². The van der Waals surface area contributed by atoms with Crippen molar-refractivity contribution in [3.8, 4) is 0 Å². The minimum Gasteiger partial charge on any atom is -0.0651 e. The van der Waals surface area contributed by atoms with Gasteiger partial charge in [0, 0.05) is 0 Å². The first-order valence-electron chi connectivity index (χ1n) is 7.38. The number of hydrogen-bond donors (Lipinski definition) is 0. The molecule has 0 amide bonds. The van der Waals surface area contributed by atoms with Gasteiger partial charge in [-0.05, 0) is 61.7 Å². The lowest BCUT2D eigenvalue weighted by atomic mass is 9.67. The van der Waals surface area contributed by atoms with Crippen LogP contribution in [-0.2, 0) is 0 Å². The van der Waals surface area contributed by atoms with Gasteiger partial charge in [-0.2, -0.15) is 0 Å². The summed E-state index contributed by atoms with van der Waals surface area (Å²) in [5, 5.41) is 0. The molecule has 0 saturated heterocycles. The number of rotatable bonds is 4. The van der Waals surface area contributed by atoms with Crippen LogP contribution in [0, 0.1) is 29.6 Å². The standard InChI is InChI=1S/C15H26/c1-2-11(12-4-3-5-12)10-14-7-6-13-8-9-15(13)14/h11-15H,2-10H2,1H3. The summed E-state index contributed by atoms with van der Waals surface area (Å²) in [6.07, 6.45) is 14.0. The molecule has 3 aliphatic carbocycles. The van der Waals surface area contributed by atoms with E-state index in [4.69, 9.17) is 0 Å². The van der Waals surface area contributed by atoms with Crippen LogP contribution in [0.4, 0.5) is 0 Å². The second-order valence-corrected chi connectivity index (χ2v) is 6.43. The van der Waals surface area contributed by atoms with Crippen LogP contribution in [0.1, 0.15) is 64.7 Å². The maximum absolute atomic E-state index is 2.43. The predicted octanol–water partition coefficient (Wildman–Crippen LogP) is 4.64. The normalized spacial score (nSPS) is 41.8. The summed E-state index contributed by atoms with van der Waals surface area (Å²) in [6.45, 7) is 2.43. The lowest BCUT2D eigenvalue weighted by Gasteiger charge is -2.39. The summed E-state index contributed by atoms with van der Waals surface area (Å²) in [7, 11) is 0. The lowest BCUT2D eigenvalue weighted by Crippen LogP contribution is -2.29. The van der Waals surface area contributed by atoms with Crippen molar-refractivity contribution in [2.75, 3.05) is 0 Å².